The van der Waals surface area contributed by atoms with Crippen LogP contribution in [0.1, 0.15) is 25.7 Å². The monoisotopic (exact) mass is 273 g/mol. The molecule has 0 amide bonds. The summed E-state index contributed by atoms with van der Waals surface area (Å²) < 4.78 is 1.83. The van der Waals surface area contributed by atoms with Crippen molar-refractivity contribution in [3.63, 3.8) is 0 Å². The van der Waals surface area contributed by atoms with Gasteiger partial charge in [-0.3, -0.25) is 4.68 Å². The highest BCUT2D eigenvalue weighted by molar-refractivity contribution is 8.00. The molecule has 0 unspecified atom stereocenters. The Bertz CT molecular complexity index is 553. The van der Waals surface area contributed by atoms with Crippen LogP contribution in [0, 0.1) is 0 Å². The molecule has 1 aliphatic rings. The van der Waals surface area contributed by atoms with Gasteiger partial charge in [-0.2, -0.15) is 5.10 Å². The number of nitrogens with two attached hydrogens (primary N) is 1. The molecule has 2 aromatic rings. The Kier molecular flexibility index (Phi) is 3.51. The number of hydrogen-bond acceptors (Lipinski definition) is 3. The van der Waals surface area contributed by atoms with E-state index in [2.05, 4.69) is 29.4 Å². The lowest BCUT2D eigenvalue weighted by molar-refractivity contribution is 0.780. The van der Waals surface area contributed by atoms with Gasteiger partial charge in [-0.25, -0.2) is 0 Å². The molecule has 1 aliphatic carbocycles. The lowest BCUT2D eigenvalue weighted by Crippen LogP contribution is -1.95. The van der Waals surface area contributed by atoms with Crippen LogP contribution in [0.15, 0.2) is 35.2 Å². The van der Waals surface area contributed by atoms with Gasteiger partial charge in [0.1, 0.15) is 5.82 Å². The lowest BCUT2D eigenvalue weighted by atomic mass is 10.1. The van der Waals surface area contributed by atoms with E-state index in [-0.39, 0.29) is 0 Å². The van der Waals surface area contributed by atoms with Gasteiger partial charge in [0, 0.05) is 23.3 Å². The number of aromatic nitrogens is 2. The van der Waals surface area contributed by atoms with Crippen LogP contribution in [0.5, 0.6) is 0 Å². The summed E-state index contributed by atoms with van der Waals surface area (Å²) in [6.07, 6.45) is 5.52. The summed E-state index contributed by atoms with van der Waals surface area (Å²) in [6.45, 7) is 0. The molecule has 0 aliphatic heterocycles. The second-order valence-electron chi connectivity index (χ2n) is 5.13. The molecule has 2 N–H and O–H groups in total. The number of rotatable bonds is 3. The van der Waals surface area contributed by atoms with E-state index >= 15 is 0 Å². The summed E-state index contributed by atoms with van der Waals surface area (Å²) in [6, 6.07) is 10.7. The zero-order valence-electron chi connectivity index (χ0n) is 11.2. The Morgan fingerprint density at radius 2 is 1.89 bits per heavy atom. The molecule has 0 radical (unpaired) electrons. The van der Waals surface area contributed by atoms with Gasteiger partial charge in [0.2, 0.25) is 0 Å². The molecule has 0 atom stereocenters. The SMILES string of the molecule is Cn1nc(N)cc1-c1ccc(SC2CCCC2)cc1. The summed E-state index contributed by atoms with van der Waals surface area (Å²) in [5, 5.41) is 5.00. The highest BCUT2D eigenvalue weighted by Gasteiger charge is 2.16. The molecular formula is C15H19N3S. The average Bonchev–Trinajstić information content (AvgIpc) is 3.00. The van der Waals surface area contributed by atoms with Crippen LogP contribution in [-0.4, -0.2) is 15.0 Å². The molecule has 1 fully saturated rings. The van der Waals surface area contributed by atoms with Crippen molar-refractivity contribution in [2.75, 3.05) is 5.73 Å². The van der Waals surface area contributed by atoms with Crippen LogP contribution < -0.4 is 5.73 Å². The maximum Gasteiger partial charge on any atom is 0.146 e. The minimum Gasteiger partial charge on any atom is -0.382 e. The van der Waals surface area contributed by atoms with Crippen LogP contribution >= 0.6 is 11.8 Å². The molecule has 1 aromatic carbocycles. The molecule has 19 heavy (non-hydrogen) atoms. The van der Waals surface area contributed by atoms with Crippen LogP contribution in [0.4, 0.5) is 5.82 Å². The van der Waals surface area contributed by atoms with E-state index in [1.807, 2.05) is 29.6 Å². The number of aryl methyl sites for hydroxylation is 1. The summed E-state index contributed by atoms with van der Waals surface area (Å²) in [4.78, 5) is 1.37. The molecule has 1 saturated carbocycles. The minimum atomic E-state index is 0.571. The fourth-order valence-corrected chi connectivity index (χ4v) is 3.91. The van der Waals surface area contributed by atoms with Gasteiger partial charge in [-0.1, -0.05) is 25.0 Å². The van der Waals surface area contributed by atoms with Gasteiger partial charge in [0.15, 0.2) is 0 Å². The van der Waals surface area contributed by atoms with E-state index in [1.54, 1.807) is 0 Å². The molecule has 0 spiro atoms. The normalized spacial score (nSPS) is 16.1. The third-order valence-electron chi connectivity index (χ3n) is 3.65. The Balaban J connectivity index is 1.76. The predicted molar refractivity (Wildman–Crippen MR) is 81.2 cm³/mol. The van der Waals surface area contributed by atoms with Crippen molar-refractivity contribution >= 4 is 17.6 Å². The Morgan fingerprint density at radius 3 is 2.47 bits per heavy atom. The topological polar surface area (TPSA) is 43.8 Å². The molecule has 0 saturated heterocycles. The quantitative estimate of drug-likeness (QED) is 0.927. The third kappa shape index (κ3) is 2.78. The average molecular weight is 273 g/mol. The van der Waals surface area contributed by atoms with Gasteiger partial charge >= 0.3 is 0 Å². The summed E-state index contributed by atoms with van der Waals surface area (Å²) in [5.74, 6) is 0.571. The van der Waals surface area contributed by atoms with Crippen molar-refractivity contribution in [3.05, 3.63) is 30.3 Å². The zero-order chi connectivity index (χ0) is 13.2. The summed E-state index contributed by atoms with van der Waals surface area (Å²) >= 11 is 2.02. The van der Waals surface area contributed by atoms with Gasteiger partial charge in [-0.15, -0.1) is 11.8 Å². The van der Waals surface area contributed by atoms with Crippen LogP contribution in [0.2, 0.25) is 0 Å². The number of anilines is 1. The molecule has 1 aromatic heterocycles. The maximum atomic E-state index is 5.72. The van der Waals surface area contributed by atoms with Crippen LogP contribution in [0.25, 0.3) is 11.3 Å². The molecule has 1 heterocycles. The molecular weight excluding hydrogens is 254 g/mol. The van der Waals surface area contributed by atoms with Crippen molar-refractivity contribution < 1.29 is 0 Å². The van der Waals surface area contributed by atoms with Gasteiger partial charge in [0.05, 0.1) is 5.69 Å². The Hall–Kier alpha value is -1.42. The van der Waals surface area contributed by atoms with E-state index in [1.165, 1.54) is 36.1 Å². The van der Waals surface area contributed by atoms with Crippen molar-refractivity contribution in [3.8, 4) is 11.3 Å². The largest absolute Gasteiger partial charge is 0.382 e. The van der Waals surface area contributed by atoms with E-state index in [0.717, 1.165) is 10.9 Å². The van der Waals surface area contributed by atoms with Crippen molar-refractivity contribution in [2.45, 2.75) is 35.8 Å². The highest BCUT2D eigenvalue weighted by Crippen LogP contribution is 2.35. The molecule has 4 heteroatoms. The first-order valence-corrected chi connectivity index (χ1v) is 7.67. The Labute approximate surface area is 118 Å². The zero-order valence-corrected chi connectivity index (χ0v) is 12.0. The molecule has 3 nitrogen and oxygen atoms in total. The standard InChI is InChI=1S/C15H19N3S/c1-18-14(10-15(16)17-18)11-6-8-13(9-7-11)19-12-4-2-3-5-12/h6-10,12H,2-5H2,1H3,(H2,16,17). The van der Waals surface area contributed by atoms with E-state index in [4.69, 9.17) is 5.73 Å². The first-order valence-electron chi connectivity index (χ1n) is 6.79. The minimum absolute atomic E-state index is 0.571. The highest BCUT2D eigenvalue weighted by atomic mass is 32.2. The van der Waals surface area contributed by atoms with Crippen LogP contribution in [0.3, 0.4) is 0 Å². The van der Waals surface area contributed by atoms with E-state index in [0.29, 0.717) is 5.82 Å². The van der Waals surface area contributed by atoms with Crippen molar-refractivity contribution in [1.29, 1.82) is 0 Å². The van der Waals surface area contributed by atoms with E-state index in [9.17, 15) is 0 Å². The number of nitrogens with zero attached hydrogens (tertiary/aromatic N) is 2. The molecule has 3 rings (SSSR count). The van der Waals surface area contributed by atoms with Gasteiger partial charge in [-0.05, 0) is 30.5 Å². The smallest absolute Gasteiger partial charge is 0.146 e. The van der Waals surface area contributed by atoms with Crippen molar-refractivity contribution in [1.82, 2.24) is 9.78 Å². The first-order chi connectivity index (χ1) is 9.22. The van der Waals surface area contributed by atoms with Gasteiger partial charge in [0.25, 0.3) is 0 Å². The molecule has 100 valence electrons. The lowest BCUT2D eigenvalue weighted by Gasteiger charge is -2.09. The van der Waals surface area contributed by atoms with Gasteiger partial charge < -0.3 is 5.73 Å². The predicted octanol–water partition coefficient (Wildman–Crippen LogP) is 3.70. The fourth-order valence-electron chi connectivity index (χ4n) is 2.66. The van der Waals surface area contributed by atoms with E-state index < -0.39 is 0 Å². The summed E-state index contributed by atoms with van der Waals surface area (Å²) in [7, 11) is 1.92. The van der Waals surface area contributed by atoms with Crippen LogP contribution in [-0.2, 0) is 7.05 Å². The first kappa shape index (κ1) is 12.6. The third-order valence-corrected chi connectivity index (χ3v) is 5.00. The number of thioether (sulfide) groups is 1. The number of hydrogen-bond donors (Lipinski definition) is 1. The van der Waals surface area contributed by atoms with Crippen molar-refractivity contribution in [2.24, 2.45) is 7.05 Å². The number of nitrogen functional groups attached to an aromatic ring is 1. The fraction of sp³-hybridized carbons (Fsp3) is 0.400. The second kappa shape index (κ2) is 5.29. The Morgan fingerprint density at radius 1 is 1.21 bits per heavy atom. The number of benzene rings is 1. The second-order valence-corrected chi connectivity index (χ2v) is 6.50. The molecule has 0 bridgehead atoms. The maximum absolute atomic E-state index is 5.72. The summed E-state index contributed by atoms with van der Waals surface area (Å²) in [5.41, 5.74) is 7.95.